The van der Waals surface area contributed by atoms with Crippen LogP contribution in [0, 0.1) is 0 Å². The van der Waals surface area contributed by atoms with Crippen molar-refractivity contribution in [2.45, 2.75) is 32.7 Å². The molecule has 0 aromatic carbocycles. The van der Waals surface area contributed by atoms with Crippen molar-refractivity contribution in [3.8, 4) is 10.7 Å². The summed E-state index contributed by atoms with van der Waals surface area (Å²) < 4.78 is 5.14. The fourth-order valence-corrected chi connectivity index (χ4v) is 2.89. The SMILES string of the molecule is CC(=O)NCCN(C(=O)CCc1nc(-c2cccs2)no1)C(C)C(=O)O. The monoisotopic (exact) mass is 380 g/mol. The number of aliphatic carboxylic acids is 1. The van der Waals surface area contributed by atoms with Crippen molar-refractivity contribution in [2.75, 3.05) is 13.1 Å². The first kappa shape index (κ1) is 19.6. The lowest BCUT2D eigenvalue weighted by atomic mass is 10.2. The Morgan fingerprint density at radius 1 is 1.42 bits per heavy atom. The number of rotatable bonds is 9. The molecule has 140 valence electrons. The molecule has 0 bridgehead atoms. The Labute approximate surface area is 154 Å². The standard InChI is InChI=1S/C16H20N4O5S/c1-10(16(23)24)20(8-7-17-11(2)21)14(22)6-5-13-18-15(19-25-13)12-4-3-9-26-12/h3-4,9-10H,5-8H2,1-2H3,(H,17,21)(H,23,24). The number of nitrogens with one attached hydrogen (secondary N) is 1. The van der Waals surface area contributed by atoms with E-state index in [-0.39, 0.29) is 37.7 Å². The van der Waals surface area contributed by atoms with Crippen LogP contribution in [0.25, 0.3) is 10.7 Å². The van der Waals surface area contributed by atoms with Crippen molar-refractivity contribution in [3.05, 3.63) is 23.4 Å². The van der Waals surface area contributed by atoms with Gasteiger partial charge < -0.3 is 19.8 Å². The maximum absolute atomic E-state index is 12.4. The molecular weight excluding hydrogens is 360 g/mol. The highest BCUT2D eigenvalue weighted by atomic mass is 32.1. The number of nitrogens with zero attached hydrogens (tertiary/aromatic N) is 3. The van der Waals surface area contributed by atoms with Crippen molar-refractivity contribution in [3.63, 3.8) is 0 Å². The molecule has 2 amide bonds. The van der Waals surface area contributed by atoms with Gasteiger partial charge in [0.05, 0.1) is 4.88 Å². The molecule has 0 aliphatic heterocycles. The molecule has 2 N–H and O–H groups in total. The second kappa shape index (κ2) is 9.09. The number of aryl methyl sites for hydroxylation is 1. The number of hydrogen-bond donors (Lipinski definition) is 2. The predicted molar refractivity (Wildman–Crippen MR) is 93.4 cm³/mol. The Bertz CT molecular complexity index is 759. The number of thiophene rings is 1. The van der Waals surface area contributed by atoms with Crippen LogP contribution >= 0.6 is 11.3 Å². The second-order valence-corrected chi connectivity index (χ2v) is 6.52. The van der Waals surface area contributed by atoms with Gasteiger partial charge in [0, 0.05) is 32.9 Å². The van der Waals surface area contributed by atoms with Gasteiger partial charge in [-0.3, -0.25) is 9.59 Å². The average Bonchev–Trinajstić information content (AvgIpc) is 3.26. The van der Waals surface area contributed by atoms with E-state index >= 15 is 0 Å². The zero-order chi connectivity index (χ0) is 19.1. The fraction of sp³-hybridized carbons (Fsp3) is 0.438. The molecule has 2 rings (SSSR count). The summed E-state index contributed by atoms with van der Waals surface area (Å²) in [7, 11) is 0. The summed E-state index contributed by atoms with van der Waals surface area (Å²) in [5.74, 6) is -0.942. The molecule has 26 heavy (non-hydrogen) atoms. The van der Waals surface area contributed by atoms with Gasteiger partial charge in [0.25, 0.3) is 0 Å². The van der Waals surface area contributed by atoms with Crippen LogP contribution in [0.15, 0.2) is 22.0 Å². The molecule has 2 heterocycles. The minimum atomic E-state index is -1.11. The zero-order valence-electron chi connectivity index (χ0n) is 14.5. The summed E-state index contributed by atoms with van der Waals surface area (Å²) in [6.45, 7) is 3.07. The van der Waals surface area contributed by atoms with E-state index in [1.807, 2.05) is 17.5 Å². The fourth-order valence-electron chi connectivity index (χ4n) is 2.24. The highest BCUT2D eigenvalue weighted by molar-refractivity contribution is 7.13. The summed E-state index contributed by atoms with van der Waals surface area (Å²) in [4.78, 5) is 40.9. The number of carbonyl (C=O) groups is 3. The number of carboxylic acids is 1. The van der Waals surface area contributed by atoms with Crippen LogP contribution in [0.2, 0.25) is 0 Å². The highest BCUT2D eigenvalue weighted by Gasteiger charge is 2.25. The molecule has 0 fully saturated rings. The maximum atomic E-state index is 12.4. The van der Waals surface area contributed by atoms with E-state index in [1.54, 1.807) is 0 Å². The van der Waals surface area contributed by atoms with Gasteiger partial charge in [0.2, 0.25) is 23.5 Å². The lowest BCUT2D eigenvalue weighted by molar-refractivity contribution is -0.149. The highest BCUT2D eigenvalue weighted by Crippen LogP contribution is 2.21. The van der Waals surface area contributed by atoms with Crippen molar-refractivity contribution in [2.24, 2.45) is 0 Å². The largest absolute Gasteiger partial charge is 0.480 e. The molecule has 0 radical (unpaired) electrons. The Balaban J connectivity index is 1.95. The van der Waals surface area contributed by atoms with Crippen LogP contribution in [-0.4, -0.2) is 57.1 Å². The summed E-state index contributed by atoms with van der Waals surface area (Å²) in [5, 5.41) is 17.5. The summed E-state index contributed by atoms with van der Waals surface area (Å²) in [6.07, 6.45) is 0.240. The molecule has 0 spiro atoms. The summed E-state index contributed by atoms with van der Waals surface area (Å²) in [5.41, 5.74) is 0. The van der Waals surface area contributed by atoms with Crippen LogP contribution in [0.4, 0.5) is 0 Å². The van der Waals surface area contributed by atoms with Crippen molar-refractivity contribution >= 4 is 29.1 Å². The molecule has 0 saturated carbocycles. The second-order valence-electron chi connectivity index (χ2n) is 5.57. The topological polar surface area (TPSA) is 126 Å². The molecule has 0 aliphatic carbocycles. The summed E-state index contributed by atoms with van der Waals surface area (Å²) >= 11 is 1.48. The number of carboxylic acid groups (broad SMARTS) is 1. The van der Waals surface area contributed by atoms with Crippen molar-refractivity contribution in [1.82, 2.24) is 20.4 Å². The molecule has 0 aliphatic rings. The predicted octanol–water partition coefficient (Wildman–Crippen LogP) is 1.17. The Kier molecular flexibility index (Phi) is 6.84. The van der Waals surface area contributed by atoms with Gasteiger partial charge in [-0.2, -0.15) is 4.98 Å². The first-order valence-corrected chi connectivity index (χ1v) is 8.89. The van der Waals surface area contributed by atoms with Crippen LogP contribution < -0.4 is 5.32 Å². The van der Waals surface area contributed by atoms with Crippen LogP contribution in [0.1, 0.15) is 26.2 Å². The minimum absolute atomic E-state index is 0.0315. The molecule has 0 saturated heterocycles. The third-order valence-electron chi connectivity index (χ3n) is 3.63. The molecular formula is C16H20N4O5S. The number of amides is 2. The number of hydrogen-bond acceptors (Lipinski definition) is 7. The average molecular weight is 380 g/mol. The lowest BCUT2D eigenvalue weighted by Crippen LogP contribution is -2.46. The van der Waals surface area contributed by atoms with Gasteiger partial charge in [-0.15, -0.1) is 11.3 Å². The van der Waals surface area contributed by atoms with E-state index < -0.39 is 12.0 Å². The molecule has 10 heteroatoms. The molecule has 9 nitrogen and oxygen atoms in total. The number of aromatic nitrogens is 2. The van der Waals surface area contributed by atoms with Crippen LogP contribution in [0.3, 0.4) is 0 Å². The van der Waals surface area contributed by atoms with E-state index in [1.165, 1.54) is 30.1 Å². The van der Waals surface area contributed by atoms with Gasteiger partial charge in [0.15, 0.2) is 0 Å². The van der Waals surface area contributed by atoms with Crippen molar-refractivity contribution < 1.29 is 24.0 Å². The van der Waals surface area contributed by atoms with E-state index in [4.69, 9.17) is 4.52 Å². The molecule has 1 unspecified atom stereocenters. The quantitative estimate of drug-likeness (QED) is 0.669. The zero-order valence-corrected chi connectivity index (χ0v) is 15.3. The molecule has 1 atom stereocenters. The Morgan fingerprint density at radius 3 is 2.81 bits per heavy atom. The Morgan fingerprint density at radius 2 is 2.19 bits per heavy atom. The first-order chi connectivity index (χ1) is 12.4. The Hall–Kier alpha value is -2.75. The maximum Gasteiger partial charge on any atom is 0.326 e. The minimum Gasteiger partial charge on any atom is -0.480 e. The first-order valence-electron chi connectivity index (χ1n) is 8.01. The summed E-state index contributed by atoms with van der Waals surface area (Å²) in [6, 6.07) is 2.74. The third-order valence-corrected chi connectivity index (χ3v) is 4.50. The molecule has 2 aromatic heterocycles. The lowest BCUT2D eigenvalue weighted by Gasteiger charge is -2.26. The van der Waals surface area contributed by atoms with Gasteiger partial charge in [-0.05, 0) is 18.4 Å². The van der Waals surface area contributed by atoms with Crippen LogP contribution in [-0.2, 0) is 20.8 Å². The third kappa shape index (κ3) is 5.38. The van der Waals surface area contributed by atoms with E-state index in [0.717, 1.165) is 4.88 Å². The van der Waals surface area contributed by atoms with E-state index in [2.05, 4.69) is 15.5 Å². The van der Waals surface area contributed by atoms with Gasteiger partial charge in [0.1, 0.15) is 6.04 Å². The molecule has 2 aromatic rings. The van der Waals surface area contributed by atoms with E-state index in [0.29, 0.717) is 11.7 Å². The van der Waals surface area contributed by atoms with Crippen molar-refractivity contribution in [1.29, 1.82) is 0 Å². The smallest absolute Gasteiger partial charge is 0.326 e. The van der Waals surface area contributed by atoms with Gasteiger partial charge in [-0.1, -0.05) is 11.2 Å². The van der Waals surface area contributed by atoms with Gasteiger partial charge in [-0.25, -0.2) is 4.79 Å². The van der Waals surface area contributed by atoms with Gasteiger partial charge >= 0.3 is 5.97 Å². The van der Waals surface area contributed by atoms with Crippen LogP contribution in [0.5, 0.6) is 0 Å². The normalized spacial score (nSPS) is 11.8. The van der Waals surface area contributed by atoms with E-state index in [9.17, 15) is 19.5 Å². The number of carbonyl (C=O) groups excluding carboxylic acids is 2.